The molecular weight excluding hydrogens is 238 g/mol. The SMILES string of the molecule is NS(=O)(=O)c1cnc(Cl)c(C(F)F)c1. The first-order valence-corrected chi connectivity index (χ1v) is 5.21. The molecule has 0 atom stereocenters. The van der Waals surface area contributed by atoms with Crippen molar-refractivity contribution in [2.24, 2.45) is 5.14 Å². The van der Waals surface area contributed by atoms with Crippen LogP contribution in [0, 0.1) is 0 Å². The lowest BCUT2D eigenvalue weighted by Crippen LogP contribution is -2.13. The number of nitrogens with zero attached hydrogens (tertiary/aromatic N) is 1. The number of halogens is 3. The number of rotatable bonds is 2. The number of aromatic nitrogens is 1. The second-order valence-corrected chi connectivity index (χ2v) is 4.32. The summed E-state index contributed by atoms with van der Waals surface area (Å²) >= 11 is 5.31. The lowest BCUT2D eigenvalue weighted by Gasteiger charge is -2.03. The maximum Gasteiger partial charge on any atom is 0.266 e. The van der Waals surface area contributed by atoms with Gasteiger partial charge < -0.3 is 0 Å². The van der Waals surface area contributed by atoms with Crippen molar-refractivity contribution in [1.82, 2.24) is 4.98 Å². The fourth-order valence-corrected chi connectivity index (χ4v) is 1.43. The third-order valence-corrected chi connectivity index (χ3v) is 2.60. The summed E-state index contributed by atoms with van der Waals surface area (Å²) in [6.45, 7) is 0. The van der Waals surface area contributed by atoms with E-state index >= 15 is 0 Å². The zero-order valence-corrected chi connectivity index (χ0v) is 8.19. The van der Waals surface area contributed by atoms with Crippen molar-refractivity contribution in [2.45, 2.75) is 11.3 Å². The molecule has 2 N–H and O–H groups in total. The Bertz CT molecular complexity index is 449. The molecule has 0 aliphatic heterocycles. The van der Waals surface area contributed by atoms with Gasteiger partial charge in [0.05, 0.1) is 5.56 Å². The Balaban J connectivity index is 3.34. The van der Waals surface area contributed by atoms with Crippen LogP contribution in [0.3, 0.4) is 0 Å². The topological polar surface area (TPSA) is 73.1 Å². The Morgan fingerprint density at radius 3 is 2.50 bits per heavy atom. The number of alkyl halides is 2. The smallest absolute Gasteiger partial charge is 0.243 e. The fraction of sp³-hybridized carbons (Fsp3) is 0.167. The Labute approximate surface area is 83.8 Å². The zero-order valence-electron chi connectivity index (χ0n) is 6.62. The predicted molar refractivity (Wildman–Crippen MR) is 45.6 cm³/mol. The van der Waals surface area contributed by atoms with Crippen LogP contribution in [0.2, 0.25) is 5.15 Å². The first-order chi connectivity index (χ1) is 6.32. The molecule has 0 bridgehead atoms. The molecule has 0 aliphatic rings. The molecule has 1 heterocycles. The molecule has 14 heavy (non-hydrogen) atoms. The third-order valence-electron chi connectivity index (χ3n) is 1.40. The van der Waals surface area contributed by atoms with Gasteiger partial charge in [0.1, 0.15) is 10.0 Å². The van der Waals surface area contributed by atoms with Gasteiger partial charge in [-0.25, -0.2) is 27.3 Å². The molecule has 0 radical (unpaired) electrons. The van der Waals surface area contributed by atoms with E-state index in [2.05, 4.69) is 4.98 Å². The number of hydrogen-bond donors (Lipinski definition) is 1. The average Bonchev–Trinajstić information content (AvgIpc) is 2.02. The molecule has 1 rings (SSSR count). The molecule has 1 aromatic rings. The summed E-state index contributed by atoms with van der Waals surface area (Å²) in [5, 5.41) is 4.28. The number of nitrogens with two attached hydrogens (primary N) is 1. The van der Waals surface area contributed by atoms with E-state index in [1.165, 1.54) is 0 Å². The lowest BCUT2D eigenvalue weighted by molar-refractivity contribution is 0.151. The second-order valence-electron chi connectivity index (χ2n) is 2.40. The van der Waals surface area contributed by atoms with Gasteiger partial charge in [-0.15, -0.1) is 0 Å². The van der Waals surface area contributed by atoms with Gasteiger partial charge in [0.15, 0.2) is 0 Å². The van der Waals surface area contributed by atoms with Crippen LogP contribution in [-0.2, 0) is 10.0 Å². The van der Waals surface area contributed by atoms with Gasteiger partial charge in [0, 0.05) is 6.20 Å². The van der Waals surface area contributed by atoms with Gasteiger partial charge in [-0.2, -0.15) is 0 Å². The fourth-order valence-electron chi connectivity index (χ4n) is 0.754. The summed E-state index contributed by atoms with van der Waals surface area (Å²) in [7, 11) is -4.03. The second kappa shape index (κ2) is 3.76. The highest BCUT2D eigenvalue weighted by molar-refractivity contribution is 7.89. The van der Waals surface area contributed by atoms with E-state index in [1.807, 2.05) is 0 Å². The van der Waals surface area contributed by atoms with Gasteiger partial charge in [0.2, 0.25) is 10.0 Å². The van der Waals surface area contributed by atoms with E-state index in [1.54, 1.807) is 0 Å². The molecule has 0 aromatic carbocycles. The molecule has 0 fully saturated rings. The first-order valence-electron chi connectivity index (χ1n) is 3.29. The van der Waals surface area contributed by atoms with Crippen molar-refractivity contribution in [2.75, 3.05) is 0 Å². The van der Waals surface area contributed by atoms with E-state index < -0.39 is 32.1 Å². The predicted octanol–water partition coefficient (Wildman–Crippen LogP) is 1.32. The van der Waals surface area contributed by atoms with E-state index in [0.29, 0.717) is 6.07 Å². The molecule has 0 aliphatic carbocycles. The van der Waals surface area contributed by atoms with E-state index in [9.17, 15) is 17.2 Å². The van der Waals surface area contributed by atoms with Crippen molar-refractivity contribution in [3.63, 3.8) is 0 Å². The lowest BCUT2D eigenvalue weighted by atomic mass is 10.3. The molecule has 0 saturated heterocycles. The van der Waals surface area contributed by atoms with Crippen LogP contribution in [0.15, 0.2) is 17.2 Å². The van der Waals surface area contributed by atoms with Crippen molar-refractivity contribution < 1.29 is 17.2 Å². The Morgan fingerprint density at radius 2 is 2.07 bits per heavy atom. The van der Waals surface area contributed by atoms with E-state index in [4.69, 9.17) is 16.7 Å². The van der Waals surface area contributed by atoms with Gasteiger partial charge in [-0.1, -0.05) is 11.6 Å². The molecular formula is C6H5ClF2N2O2S. The average molecular weight is 243 g/mol. The Kier molecular flexibility index (Phi) is 3.03. The summed E-state index contributed by atoms with van der Waals surface area (Å²) in [5.74, 6) is 0. The molecule has 78 valence electrons. The molecule has 4 nitrogen and oxygen atoms in total. The van der Waals surface area contributed by atoms with Crippen molar-refractivity contribution in [3.05, 3.63) is 23.0 Å². The highest BCUT2D eigenvalue weighted by Gasteiger charge is 2.17. The summed E-state index contributed by atoms with van der Waals surface area (Å²) in [6, 6.07) is 0.704. The van der Waals surface area contributed by atoms with Crippen LogP contribution in [0.25, 0.3) is 0 Å². The summed E-state index contributed by atoms with van der Waals surface area (Å²) in [4.78, 5) is 2.80. The maximum absolute atomic E-state index is 12.2. The molecule has 1 aromatic heterocycles. The minimum absolute atomic E-state index is 0.438. The van der Waals surface area contributed by atoms with Gasteiger partial charge >= 0.3 is 0 Å². The molecule has 0 amide bonds. The monoisotopic (exact) mass is 242 g/mol. The highest BCUT2D eigenvalue weighted by Crippen LogP contribution is 2.26. The normalized spacial score (nSPS) is 12.1. The van der Waals surface area contributed by atoms with Crippen LogP contribution >= 0.6 is 11.6 Å². The molecule has 0 saturated carbocycles. The number of sulfonamides is 1. The minimum atomic E-state index is -4.03. The Hall–Kier alpha value is -0.790. The van der Waals surface area contributed by atoms with Gasteiger partial charge in [0.25, 0.3) is 6.43 Å². The van der Waals surface area contributed by atoms with Gasteiger partial charge in [-0.3, -0.25) is 0 Å². The summed E-state index contributed by atoms with van der Waals surface area (Å²) in [6.07, 6.45) is -2.07. The van der Waals surface area contributed by atoms with Crippen LogP contribution in [0.1, 0.15) is 12.0 Å². The largest absolute Gasteiger partial charge is 0.266 e. The highest BCUT2D eigenvalue weighted by atomic mass is 35.5. The van der Waals surface area contributed by atoms with E-state index in [-0.39, 0.29) is 0 Å². The van der Waals surface area contributed by atoms with Crippen LogP contribution in [0.4, 0.5) is 8.78 Å². The standard InChI is InChI=1S/C6H5ClF2N2O2S/c7-5-4(6(8)9)1-3(2-11-5)14(10,12)13/h1-2,6H,(H2,10,12,13). The van der Waals surface area contributed by atoms with Gasteiger partial charge in [-0.05, 0) is 6.07 Å². The maximum atomic E-state index is 12.2. The first kappa shape index (κ1) is 11.3. The minimum Gasteiger partial charge on any atom is -0.243 e. The van der Waals surface area contributed by atoms with Crippen molar-refractivity contribution >= 4 is 21.6 Å². The summed E-state index contributed by atoms with van der Waals surface area (Å²) in [5.41, 5.74) is -0.654. The quantitative estimate of drug-likeness (QED) is 0.795. The Morgan fingerprint density at radius 1 is 1.50 bits per heavy atom. The summed E-state index contributed by atoms with van der Waals surface area (Å²) < 4.78 is 46.0. The third kappa shape index (κ3) is 2.37. The zero-order chi connectivity index (χ0) is 10.9. The van der Waals surface area contributed by atoms with E-state index in [0.717, 1.165) is 6.20 Å². The molecule has 0 unspecified atom stereocenters. The molecule has 0 spiro atoms. The molecule has 8 heteroatoms. The number of primary sulfonamides is 1. The van der Waals surface area contributed by atoms with Crippen molar-refractivity contribution in [3.8, 4) is 0 Å². The van der Waals surface area contributed by atoms with Crippen LogP contribution < -0.4 is 5.14 Å². The van der Waals surface area contributed by atoms with Crippen LogP contribution in [0.5, 0.6) is 0 Å². The van der Waals surface area contributed by atoms with Crippen molar-refractivity contribution in [1.29, 1.82) is 0 Å². The van der Waals surface area contributed by atoms with Crippen LogP contribution in [-0.4, -0.2) is 13.4 Å². The number of hydrogen-bond acceptors (Lipinski definition) is 3. The number of pyridine rings is 1.